The molecule has 142 valence electrons. The first-order valence-corrected chi connectivity index (χ1v) is 8.80. The molecule has 0 bridgehead atoms. The molecule has 1 aromatic heterocycles. The number of carbonyl (C=O) groups excluding carboxylic acids is 2. The minimum absolute atomic E-state index is 0.197. The van der Waals surface area contributed by atoms with Crippen molar-refractivity contribution in [3.63, 3.8) is 0 Å². The van der Waals surface area contributed by atoms with E-state index in [9.17, 15) is 14.0 Å². The van der Waals surface area contributed by atoms with E-state index in [0.717, 1.165) is 0 Å². The summed E-state index contributed by atoms with van der Waals surface area (Å²) in [5.74, 6) is -0.772. The molecule has 1 aliphatic rings. The molecule has 0 spiro atoms. The Morgan fingerprint density at radius 3 is 3.07 bits per heavy atom. The molecule has 27 heavy (non-hydrogen) atoms. The molecule has 0 aliphatic carbocycles. The standard InChI is InChI=1S/C16H16FN5O4S/c1-9(23)18-7-11-8-22(16(24)26-11)10-2-3-12(13(17)6-10)15-21-20-14(27-15)4-5-19-25/h2-3,5-6,11,25H,4,7-8H2,1H3,(H,18,23)/b19-5+/t11-/m0/s1. The summed E-state index contributed by atoms with van der Waals surface area (Å²) >= 11 is 1.18. The van der Waals surface area contributed by atoms with Crippen LogP contribution in [-0.4, -0.2) is 52.8 Å². The molecule has 2 N–H and O–H groups in total. The van der Waals surface area contributed by atoms with Crippen LogP contribution in [0.4, 0.5) is 14.9 Å². The van der Waals surface area contributed by atoms with Crippen molar-refractivity contribution >= 4 is 35.2 Å². The van der Waals surface area contributed by atoms with Crippen molar-refractivity contribution in [3.05, 3.63) is 29.0 Å². The van der Waals surface area contributed by atoms with Gasteiger partial charge in [0.15, 0.2) is 5.01 Å². The van der Waals surface area contributed by atoms with Gasteiger partial charge in [0.1, 0.15) is 16.9 Å². The van der Waals surface area contributed by atoms with Gasteiger partial charge in [-0.2, -0.15) is 0 Å². The number of benzene rings is 1. The maximum atomic E-state index is 14.6. The third-order valence-corrected chi connectivity index (χ3v) is 4.74. The Hall–Kier alpha value is -3.08. The molecule has 3 rings (SSSR count). The van der Waals surface area contributed by atoms with Crippen LogP contribution in [0.15, 0.2) is 23.4 Å². The summed E-state index contributed by atoms with van der Waals surface area (Å²) in [6.07, 6.45) is 0.463. The average Bonchev–Trinajstić information content (AvgIpc) is 3.24. The molecule has 1 fully saturated rings. The molecule has 0 unspecified atom stereocenters. The SMILES string of the molecule is CC(=O)NC[C@H]1CN(c2ccc(-c3nnc(C/C=N/O)s3)c(F)c2)C(=O)O1. The smallest absolute Gasteiger partial charge is 0.414 e. The lowest BCUT2D eigenvalue weighted by atomic mass is 10.2. The van der Waals surface area contributed by atoms with Gasteiger partial charge in [0, 0.05) is 18.9 Å². The van der Waals surface area contributed by atoms with Crippen LogP contribution in [0, 0.1) is 5.82 Å². The first-order chi connectivity index (χ1) is 13.0. The Kier molecular flexibility index (Phi) is 5.60. The molecule has 11 heteroatoms. The molecule has 0 radical (unpaired) electrons. The highest BCUT2D eigenvalue weighted by atomic mass is 32.1. The minimum Gasteiger partial charge on any atom is -0.442 e. The highest BCUT2D eigenvalue weighted by molar-refractivity contribution is 7.14. The van der Waals surface area contributed by atoms with E-state index in [1.807, 2.05) is 0 Å². The number of amides is 2. The van der Waals surface area contributed by atoms with Crippen molar-refractivity contribution in [3.8, 4) is 10.6 Å². The van der Waals surface area contributed by atoms with Crippen LogP contribution < -0.4 is 10.2 Å². The first-order valence-electron chi connectivity index (χ1n) is 7.98. The van der Waals surface area contributed by atoms with Gasteiger partial charge in [-0.05, 0) is 18.2 Å². The van der Waals surface area contributed by atoms with Gasteiger partial charge >= 0.3 is 6.09 Å². The minimum atomic E-state index is -0.598. The van der Waals surface area contributed by atoms with E-state index in [-0.39, 0.29) is 24.6 Å². The molecule has 2 aromatic rings. The quantitative estimate of drug-likeness (QED) is 0.439. The number of hydrogen-bond donors (Lipinski definition) is 2. The number of cyclic esters (lactones) is 1. The van der Waals surface area contributed by atoms with Gasteiger partial charge in [-0.3, -0.25) is 9.69 Å². The number of oxime groups is 1. The molecular weight excluding hydrogens is 377 g/mol. The lowest BCUT2D eigenvalue weighted by Gasteiger charge is -2.14. The van der Waals surface area contributed by atoms with Crippen molar-refractivity contribution in [2.45, 2.75) is 19.4 Å². The molecule has 9 nitrogen and oxygen atoms in total. The van der Waals surface area contributed by atoms with Crippen LogP contribution in [0.3, 0.4) is 0 Å². The average molecular weight is 393 g/mol. The van der Waals surface area contributed by atoms with E-state index >= 15 is 0 Å². The van der Waals surface area contributed by atoms with Gasteiger partial charge in [0.2, 0.25) is 5.91 Å². The summed E-state index contributed by atoms with van der Waals surface area (Å²) in [6.45, 7) is 1.78. The molecule has 2 amide bonds. The van der Waals surface area contributed by atoms with Crippen molar-refractivity contribution < 1.29 is 23.9 Å². The zero-order valence-corrected chi connectivity index (χ0v) is 15.1. The van der Waals surface area contributed by atoms with Crippen LogP contribution in [0.1, 0.15) is 11.9 Å². The van der Waals surface area contributed by atoms with Gasteiger partial charge in [-0.25, -0.2) is 9.18 Å². The fourth-order valence-corrected chi connectivity index (χ4v) is 3.33. The van der Waals surface area contributed by atoms with Crippen LogP contribution in [0.2, 0.25) is 0 Å². The lowest BCUT2D eigenvalue weighted by molar-refractivity contribution is -0.119. The number of nitrogens with one attached hydrogen (secondary N) is 1. The van der Waals surface area contributed by atoms with E-state index in [2.05, 4.69) is 20.7 Å². The number of halogens is 1. The van der Waals surface area contributed by atoms with Crippen LogP contribution in [-0.2, 0) is 16.0 Å². The van der Waals surface area contributed by atoms with Gasteiger partial charge in [-0.15, -0.1) is 15.4 Å². The normalized spacial score (nSPS) is 16.7. The lowest BCUT2D eigenvalue weighted by Crippen LogP contribution is -2.33. The summed E-state index contributed by atoms with van der Waals surface area (Å²) in [6, 6.07) is 4.34. The first kappa shape index (κ1) is 18.7. The maximum Gasteiger partial charge on any atom is 0.414 e. The number of aromatic nitrogens is 2. The van der Waals surface area contributed by atoms with Gasteiger partial charge < -0.3 is 15.3 Å². The molecule has 2 heterocycles. The van der Waals surface area contributed by atoms with Gasteiger partial charge in [-0.1, -0.05) is 11.3 Å². The van der Waals surface area contributed by atoms with Crippen LogP contribution in [0.25, 0.3) is 10.6 Å². The second kappa shape index (κ2) is 8.08. The molecule has 1 atom stereocenters. The monoisotopic (exact) mass is 393 g/mol. The predicted octanol–water partition coefficient (Wildman–Crippen LogP) is 1.81. The van der Waals surface area contributed by atoms with Crippen molar-refractivity contribution in [1.29, 1.82) is 0 Å². The fraction of sp³-hybridized carbons (Fsp3) is 0.312. The predicted molar refractivity (Wildman–Crippen MR) is 95.6 cm³/mol. The molecule has 1 saturated heterocycles. The Balaban J connectivity index is 1.74. The van der Waals surface area contributed by atoms with E-state index in [1.54, 1.807) is 6.07 Å². The summed E-state index contributed by atoms with van der Waals surface area (Å²) in [7, 11) is 0. The fourth-order valence-electron chi connectivity index (χ4n) is 2.51. The van der Waals surface area contributed by atoms with Crippen molar-refractivity contribution in [2.24, 2.45) is 5.16 Å². The van der Waals surface area contributed by atoms with E-state index in [1.165, 1.54) is 41.5 Å². The Labute approximate surface area is 157 Å². The number of carbonyl (C=O) groups is 2. The molecule has 1 aliphatic heterocycles. The highest BCUT2D eigenvalue weighted by Gasteiger charge is 2.32. The largest absolute Gasteiger partial charge is 0.442 e. The zero-order valence-electron chi connectivity index (χ0n) is 14.3. The second-order valence-electron chi connectivity index (χ2n) is 5.72. The third-order valence-electron chi connectivity index (χ3n) is 3.76. The number of rotatable bonds is 6. The second-order valence-corrected chi connectivity index (χ2v) is 6.78. The Morgan fingerprint density at radius 2 is 2.37 bits per heavy atom. The number of nitrogens with zero attached hydrogens (tertiary/aromatic N) is 4. The van der Waals surface area contributed by atoms with E-state index in [4.69, 9.17) is 9.94 Å². The third kappa shape index (κ3) is 4.37. The summed E-state index contributed by atoms with van der Waals surface area (Å²) in [4.78, 5) is 24.3. The Bertz CT molecular complexity index is 887. The van der Waals surface area contributed by atoms with E-state index in [0.29, 0.717) is 22.1 Å². The van der Waals surface area contributed by atoms with Crippen molar-refractivity contribution in [1.82, 2.24) is 15.5 Å². The Morgan fingerprint density at radius 1 is 1.56 bits per heavy atom. The summed E-state index contributed by atoms with van der Waals surface area (Å²) in [5, 5.41) is 22.7. The molecule has 1 aromatic carbocycles. The molecule has 0 saturated carbocycles. The summed E-state index contributed by atoms with van der Waals surface area (Å²) in [5.41, 5.74) is 0.606. The van der Waals surface area contributed by atoms with Crippen molar-refractivity contribution in [2.75, 3.05) is 18.0 Å². The summed E-state index contributed by atoms with van der Waals surface area (Å²) < 4.78 is 19.7. The van der Waals surface area contributed by atoms with Gasteiger partial charge in [0.25, 0.3) is 0 Å². The number of ether oxygens (including phenoxy) is 1. The number of anilines is 1. The molecular formula is C16H16FN5O4S. The topological polar surface area (TPSA) is 117 Å². The van der Waals surface area contributed by atoms with Gasteiger partial charge in [0.05, 0.1) is 25.0 Å². The maximum absolute atomic E-state index is 14.6. The van der Waals surface area contributed by atoms with E-state index < -0.39 is 18.0 Å². The van der Waals surface area contributed by atoms with Crippen LogP contribution in [0.5, 0.6) is 0 Å². The number of hydrogen-bond acceptors (Lipinski definition) is 8. The van der Waals surface area contributed by atoms with Crippen LogP contribution >= 0.6 is 11.3 Å². The zero-order chi connectivity index (χ0) is 19.4. The highest BCUT2D eigenvalue weighted by Crippen LogP contribution is 2.30.